The average Bonchev–Trinajstić information content (AvgIpc) is 3.08. The number of carbonyl (C=O) groups excluding carboxylic acids is 1. The molecule has 2 aromatic carbocycles. The number of benzene rings is 2. The molecule has 26 heavy (non-hydrogen) atoms. The van der Waals surface area contributed by atoms with Gasteiger partial charge in [-0.25, -0.2) is 4.79 Å². The van der Waals surface area contributed by atoms with Gasteiger partial charge < -0.3 is 14.3 Å². The average molecular weight is 347 g/mol. The minimum atomic E-state index is -0.689. The van der Waals surface area contributed by atoms with Gasteiger partial charge in [-0.15, -0.1) is 0 Å². The first-order valence-electron chi connectivity index (χ1n) is 7.85. The second-order valence-corrected chi connectivity index (χ2v) is 5.66. The Morgan fingerprint density at radius 1 is 1.08 bits per heavy atom. The molecule has 2 heterocycles. The van der Waals surface area contributed by atoms with E-state index in [4.69, 9.17) is 8.94 Å². The van der Waals surface area contributed by atoms with Crippen LogP contribution in [0.4, 0.5) is 5.69 Å². The highest BCUT2D eigenvalue weighted by Crippen LogP contribution is 2.20. The zero-order chi connectivity index (χ0) is 18.1. The van der Waals surface area contributed by atoms with Gasteiger partial charge >= 0.3 is 5.63 Å². The van der Waals surface area contributed by atoms with Crippen molar-refractivity contribution in [2.45, 2.75) is 6.92 Å². The summed E-state index contributed by atoms with van der Waals surface area (Å²) in [5.41, 5.74) is 0.867. The van der Waals surface area contributed by atoms with E-state index in [-0.39, 0.29) is 5.56 Å². The molecule has 0 aliphatic carbocycles. The number of fused-ring (bicyclic) bond motifs is 1. The van der Waals surface area contributed by atoms with E-state index in [0.29, 0.717) is 33.9 Å². The molecule has 0 radical (unpaired) electrons. The topological polar surface area (TPSA) is 98.2 Å². The van der Waals surface area contributed by atoms with E-state index in [2.05, 4.69) is 15.5 Å². The van der Waals surface area contributed by atoms with E-state index >= 15 is 0 Å². The van der Waals surface area contributed by atoms with Gasteiger partial charge in [0.25, 0.3) is 5.91 Å². The SMILES string of the molecule is Cc1nc(-c2cccc(NC(=O)c3cc4ccccc4oc3=O)c2)no1. The van der Waals surface area contributed by atoms with Gasteiger partial charge in [-0.3, -0.25) is 4.79 Å². The lowest BCUT2D eigenvalue weighted by molar-refractivity contribution is 0.102. The van der Waals surface area contributed by atoms with E-state index in [1.807, 2.05) is 0 Å². The maximum atomic E-state index is 12.5. The Morgan fingerprint density at radius 3 is 2.73 bits per heavy atom. The standard InChI is InChI=1S/C19H13N3O4/c1-11-20-17(22-26-11)13-6-4-7-14(9-13)21-18(23)15-10-12-5-2-3-8-16(12)25-19(15)24/h2-10H,1H3,(H,21,23). The Balaban J connectivity index is 1.64. The van der Waals surface area contributed by atoms with E-state index in [1.54, 1.807) is 55.5 Å². The quantitative estimate of drug-likeness (QED) is 0.570. The van der Waals surface area contributed by atoms with Crippen molar-refractivity contribution in [2.24, 2.45) is 0 Å². The first-order valence-corrected chi connectivity index (χ1v) is 7.85. The molecule has 2 aromatic heterocycles. The number of nitrogens with one attached hydrogen (secondary N) is 1. The highest BCUT2D eigenvalue weighted by molar-refractivity contribution is 6.05. The summed E-state index contributed by atoms with van der Waals surface area (Å²) in [4.78, 5) is 28.8. The first-order chi connectivity index (χ1) is 12.6. The number of aryl methyl sites for hydroxylation is 1. The van der Waals surface area contributed by atoms with Crippen LogP contribution in [0.2, 0.25) is 0 Å². The van der Waals surface area contributed by atoms with Crippen LogP contribution in [-0.4, -0.2) is 16.0 Å². The number of nitrogens with zero attached hydrogens (tertiary/aromatic N) is 2. The van der Waals surface area contributed by atoms with Crippen LogP contribution in [0.3, 0.4) is 0 Å². The summed E-state index contributed by atoms with van der Waals surface area (Å²) in [7, 11) is 0. The number of hydrogen-bond donors (Lipinski definition) is 1. The molecule has 4 aromatic rings. The molecular weight excluding hydrogens is 334 g/mol. The highest BCUT2D eigenvalue weighted by Gasteiger charge is 2.14. The van der Waals surface area contributed by atoms with E-state index < -0.39 is 11.5 Å². The smallest absolute Gasteiger partial charge is 0.349 e. The molecule has 0 unspecified atom stereocenters. The number of anilines is 1. The first kappa shape index (κ1) is 15.8. The molecule has 1 N–H and O–H groups in total. The summed E-state index contributed by atoms with van der Waals surface area (Å²) in [6.45, 7) is 1.70. The van der Waals surface area contributed by atoms with E-state index in [1.165, 1.54) is 6.07 Å². The summed E-state index contributed by atoms with van der Waals surface area (Å²) in [5.74, 6) is 0.318. The Hall–Kier alpha value is -3.74. The van der Waals surface area contributed by atoms with E-state index in [9.17, 15) is 9.59 Å². The predicted molar refractivity (Wildman–Crippen MR) is 94.9 cm³/mol. The van der Waals surface area contributed by atoms with Crippen molar-refractivity contribution in [3.63, 3.8) is 0 Å². The lowest BCUT2D eigenvalue weighted by Gasteiger charge is -2.06. The van der Waals surface area contributed by atoms with Crippen LogP contribution in [0.1, 0.15) is 16.2 Å². The molecule has 0 aliphatic rings. The van der Waals surface area contributed by atoms with Crippen molar-refractivity contribution in [1.29, 1.82) is 0 Å². The number of aromatic nitrogens is 2. The molecule has 128 valence electrons. The second-order valence-electron chi connectivity index (χ2n) is 5.66. The van der Waals surface area contributed by atoms with Crippen LogP contribution in [0.5, 0.6) is 0 Å². The molecule has 0 spiro atoms. The minimum Gasteiger partial charge on any atom is -0.422 e. The van der Waals surface area contributed by atoms with Gasteiger partial charge in [-0.05, 0) is 24.3 Å². The fourth-order valence-corrected chi connectivity index (χ4v) is 2.57. The molecular formula is C19H13N3O4. The molecule has 0 aliphatic heterocycles. The zero-order valence-corrected chi connectivity index (χ0v) is 13.7. The number of carbonyl (C=O) groups is 1. The molecule has 0 saturated heterocycles. The van der Waals surface area contributed by atoms with Crippen LogP contribution in [0, 0.1) is 6.92 Å². The van der Waals surface area contributed by atoms with Gasteiger partial charge in [0.1, 0.15) is 11.1 Å². The maximum Gasteiger partial charge on any atom is 0.349 e. The van der Waals surface area contributed by atoms with Crippen molar-refractivity contribution < 1.29 is 13.7 Å². The third-order valence-corrected chi connectivity index (χ3v) is 3.79. The van der Waals surface area contributed by atoms with Crippen molar-refractivity contribution in [2.75, 3.05) is 5.32 Å². The lowest BCUT2D eigenvalue weighted by Crippen LogP contribution is -2.20. The molecule has 0 bridgehead atoms. The fourth-order valence-electron chi connectivity index (χ4n) is 2.57. The van der Waals surface area contributed by atoms with Crippen LogP contribution in [-0.2, 0) is 0 Å². The Morgan fingerprint density at radius 2 is 1.92 bits per heavy atom. The van der Waals surface area contributed by atoms with E-state index in [0.717, 1.165) is 0 Å². The van der Waals surface area contributed by atoms with Crippen LogP contribution in [0.15, 0.2) is 68.3 Å². The Labute approximate surface area is 147 Å². The highest BCUT2D eigenvalue weighted by atomic mass is 16.5. The molecule has 0 atom stereocenters. The van der Waals surface area contributed by atoms with Gasteiger partial charge in [-0.1, -0.05) is 35.5 Å². The van der Waals surface area contributed by atoms with Gasteiger partial charge in [0, 0.05) is 23.6 Å². The van der Waals surface area contributed by atoms with Crippen molar-refractivity contribution in [3.05, 3.63) is 76.5 Å². The normalized spacial score (nSPS) is 10.8. The van der Waals surface area contributed by atoms with Gasteiger partial charge in [0.15, 0.2) is 0 Å². The van der Waals surface area contributed by atoms with Gasteiger partial charge in [-0.2, -0.15) is 4.98 Å². The number of amides is 1. The number of hydrogen-bond acceptors (Lipinski definition) is 6. The van der Waals surface area contributed by atoms with Crippen LogP contribution >= 0.6 is 0 Å². The summed E-state index contributed by atoms with van der Waals surface area (Å²) >= 11 is 0. The Bertz CT molecular complexity index is 1180. The summed E-state index contributed by atoms with van der Waals surface area (Å²) in [6, 6.07) is 15.5. The summed E-state index contributed by atoms with van der Waals surface area (Å²) in [5, 5.41) is 7.22. The third-order valence-electron chi connectivity index (χ3n) is 3.79. The Kier molecular flexibility index (Phi) is 3.81. The van der Waals surface area contributed by atoms with Crippen molar-refractivity contribution in [3.8, 4) is 11.4 Å². The van der Waals surface area contributed by atoms with Gasteiger partial charge in [0.2, 0.25) is 11.7 Å². The molecule has 0 fully saturated rings. The zero-order valence-electron chi connectivity index (χ0n) is 13.7. The predicted octanol–water partition coefficient (Wildman–Crippen LogP) is 3.40. The molecule has 7 nitrogen and oxygen atoms in total. The lowest BCUT2D eigenvalue weighted by atomic mass is 10.1. The molecule has 0 saturated carbocycles. The monoisotopic (exact) mass is 347 g/mol. The van der Waals surface area contributed by atoms with Crippen LogP contribution < -0.4 is 10.9 Å². The number of para-hydroxylation sites is 1. The molecule has 1 amide bonds. The molecule has 7 heteroatoms. The largest absolute Gasteiger partial charge is 0.422 e. The second kappa shape index (κ2) is 6.29. The summed E-state index contributed by atoms with van der Waals surface area (Å²) in [6.07, 6.45) is 0. The third kappa shape index (κ3) is 2.98. The minimum absolute atomic E-state index is 0.0653. The number of rotatable bonds is 3. The van der Waals surface area contributed by atoms with Gasteiger partial charge in [0.05, 0.1) is 0 Å². The fraction of sp³-hybridized carbons (Fsp3) is 0.0526. The maximum absolute atomic E-state index is 12.5. The summed E-state index contributed by atoms with van der Waals surface area (Å²) < 4.78 is 10.2. The van der Waals surface area contributed by atoms with Crippen molar-refractivity contribution >= 4 is 22.6 Å². The van der Waals surface area contributed by atoms with Crippen LogP contribution in [0.25, 0.3) is 22.4 Å². The van der Waals surface area contributed by atoms with Crippen molar-refractivity contribution in [1.82, 2.24) is 10.1 Å². The molecule has 4 rings (SSSR count).